The molecule has 0 aliphatic rings. The van der Waals surface area contributed by atoms with Gasteiger partial charge in [0.1, 0.15) is 0 Å². The Balaban J connectivity index is 1.63. The SMILES string of the molecule is COc1cc(C#N)ccc1OCCCC(=O)NNC(=O)CNc1ccc(C)cc1. The summed E-state index contributed by atoms with van der Waals surface area (Å²) < 4.78 is 10.8. The summed E-state index contributed by atoms with van der Waals surface area (Å²) in [6.07, 6.45) is 0.636. The van der Waals surface area contributed by atoms with Gasteiger partial charge < -0.3 is 14.8 Å². The molecule has 0 saturated carbocycles. The first kappa shape index (κ1) is 21.6. The van der Waals surface area contributed by atoms with E-state index in [1.807, 2.05) is 37.3 Å². The molecule has 0 heterocycles. The van der Waals surface area contributed by atoms with Crippen molar-refractivity contribution in [3.05, 3.63) is 53.6 Å². The molecule has 0 bridgehead atoms. The summed E-state index contributed by atoms with van der Waals surface area (Å²) in [6, 6.07) is 14.5. The van der Waals surface area contributed by atoms with Gasteiger partial charge in [0.05, 0.1) is 31.9 Å². The lowest BCUT2D eigenvalue weighted by Crippen LogP contribution is -2.44. The number of benzene rings is 2. The van der Waals surface area contributed by atoms with Gasteiger partial charge in [0.25, 0.3) is 5.91 Å². The van der Waals surface area contributed by atoms with E-state index in [0.29, 0.717) is 30.1 Å². The van der Waals surface area contributed by atoms with Crippen LogP contribution in [0.3, 0.4) is 0 Å². The van der Waals surface area contributed by atoms with Gasteiger partial charge in [-0.2, -0.15) is 5.26 Å². The number of aryl methyl sites for hydroxylation is 1. The number of anilines is 1. The Kier molecular flexibility index (Phi) is 8.32. The number of nitriles is 1. The second-order valence-corrected chi connectivity index (χ2v) is 6.25. The molecule has 0 spiro atoms. The number of hydrogen-bond acceptors (Lipinski definition) is 6. The van der Waals surface area contributed by atoms with Crippen LogP contribution in [-0.2, 0) is 9.59 Å². The van der Waals surface area contributed by atoms with Crippen LogP contribution in [0.25, 0.3) is 0 Å². The maximum absolute atomic E-state index is 11.8. The Morgan fingerprint density at radius 2 is 1.76 bits per heavy atom. The first-order chi connectivity index (χ1) is 14.0. The van der Waals surface area contributed by atoms with Crippen molar-refractivity contribution in [2.45, 2.75) is 19.8 Å². The second kappa shape index (κ2) is 11.2. The summed E-state index contributed by atoms with van der Waals surface area (Å²) in [5, 5.41) is 11.9. The summed E-state index contributed by atoms with van der Waals surface area (Å²) in [7, 11) is 1.49. The molecular formula is C21H24N4O4. The van der Waals surface area contributed by atoms with Crippen molar-refractivity contribution in [3.8, 4) is 17.6 Å². The molecule has 0 atom stereocenters. The van der Waals surface area contributed by atoms with E-state index in [1.54, 1.807) is 18.2 Å². The maximum atomic E-state index is 11.8. The molecule has 0 saturated heterocycles. The summed E-state index contributed by atoms with van der Waals surface area (Å²) in [6.45, 7) is 2.32. The van der Waals surface area contributed by atoms with E-state index in [9.17, 15) is 9.59 Å². The van der Waals surface area contributed by atoms with Gasteiger partial charge in [-0.1, -0.05) is 17.7 Å². The van der Waals surface area contributed by atoms with E-state index in [4.69, 9.17) is 14.7 Å². The van der Waals surface area contributed by atoms with Crippen molar-refractivity contribution < 1.29 is 19.1 Å². The molecule has 2 aromatic rings. The van der Waals surface area contributed by atoms with E-state index in [2.05, 4.69) is 16.2 Å². The predicted molar refractivity (Wildman–Crippen MR) is 108 cm³/mol. The van der Waals surface area contributed by atoms with E-state index >= 15 is 0 Å². The lowest BCUT2D eigenvalue weighted by atomic mass is 10.2. The monoisotopic (exact) mass is 396 g/mol. The molecule has 29 heavy (non-hydrogen) atoms. The largest absolute Gasteiger partial charge is 0.493 e. The van der Waals surface area contributed by atoms with Crippen LogP contribution >= 0.6 is 0 Å². The minimum Gasteiger partial charge on any atom is -0.493 e. The minimum absolute atomic E-state index is 0.0466. The molecule has 0 aromatic heterocycles. The van der Waals surface area contributed by atoms with Crippen LogP contribution in [-0.4, -0.2) is 32.1 Å². The third-order valence-corrected chi connectivity index (χ3v) is 3.94. The molecule has 2 amide bonds. The Morgan fingerprint density at radius 1 is 1.03 bits per heavy atom. The topological polar surface area (TPSA) is 112 Å². The summed E-state index contributed by atoms with van der Waals surface area (Å²) in [4.78, 5) is 23.6. The van der Waals surface area contributed by atoms with E-state index < -0.39 is 0 Å². The number of ether oxygens (including phenoxy) is 2. The molecule has 0 fully saturated rings. The Labute approximate surface area is 169 Å². The van der Waals surface area contributed by atoms with Crippen LogP contribution in [0, 0.1) is 18.3 Å². The molecule has 0 aliphatic heterocycles. The number of carbonyl (C=O) groups excluding carboxylic acids is 2. The molecular weight excluding hydrogens is 372 g/mol. The van der Waals surface area contributed by atoms with Crippen molar-refractivity contribution in [2.75, 3.05) is 25.6 Å². The van der Waals surface area contributed by atoms with Crippen LogP contribution in [0.2, 0.25) is 0 Å². The highest BCUT2D eigenvalue weighted by molar-refractivity contribution is 5.84. The molecule has 0 unspecified atom stereocenters. The predicted octanol–water partition coefficient (Wildman–Crippen LogP) is 2.29. The highest BCUT2D eigenvalue weighted by atomic mass is 16.5. The standard InChI is InChI=1S/C21H24N4O4/c1-15-5-8-17(9-6-15)23-14-21(27)25-24-20(26)4-3-11-29-18-10-7-16(13-22)12-19(18)28-2/h5-10,12,23H,3-4,11,14H2,1-2H3,(H,24,26)(H,25,27). The number of hydrazine groups is 1. The molecule has 3 N–H and O–H groups in total. The Bertz CT molecular complexity index is 875. The van der Waals surface area contributed by atoms with Crippen molar-refractivity contribution in [1.29, 1.82) is 5.26 Å². The van der Waals surface area contributed by atoms with Crippen LogP contribution in [0.15, 0.2) is 42.5 Å². The molecule has 0 aliphatic carbocycles. The zero-order valence-corrected chi connectivity index (χ0v) is 16.5. The molecule has 8 heteroatoms. The summed E-state index contributed by atoms with van der Waals surface area (Å²) >= 11 is 0. The lowest BCUT2D eigenvalue weighted by molar-refractivity contribution is -0.128. The average Bonchev–Trinajstić information content (AvgIpc) is 2.74. The fraction of sp³-hybridized carbons (Fsp3) is 0.286. The first-order valence-corrected chi connectivity index (χ1v) is 9.11. The fourth-order valence-corrected chi connectivity index (χ4v) is 2.37. The van der Waals surface area contributed by atoms with Gasteiger partial charge in [-0.15, -0.1) is 0 Å². The van der Waals surface area contributed by atoms with Crippen molar-refractivity contribution >= 4 is 17.5 Å². The van der Waals surface area contributed by atoms with Crippen LogP contribution in [0.4, 0.5) is 5.69 Å². The zero-order valence-electron chi connectivity index (χ0n) is 16.5. The van der Waals surface area contributed by atoms with Gasteiger partial charge >= 0.3 is 0 Å². The van der Waals surface area contributed by atoms with E-state index in [0.717, 1.165) is 11.3 Å². The van der Waals surface area contributed by atoms with Gasteiger partial charge in [-0.25, -0.2) is 0 Å². The van der Waals surface area contributed by atoms with Crippen molar-refractivity contribution in [3.63, 3.8) is 0 Å². The third kappa shape index (κ3) is 7.42. The van der Waals surface area contributed by atoms with Crippen molar-refractivity contribution in [1.82, 2.24) is 10.9 Å². The first-order valence-electron chi connectivity index (χ1n) is 9.11. The smallest absolute Gasteiger partial charge is 0.257 e. The van der Waals surface area contributed by atoms with Gasteiger partial charge in [0.2, 0.25) is 5.91 Å². The number of amides is 2. The average molecular weight is 396 g/mol. The van der Waals surface area contributed by atoms with Gasteiger partial charge in [0.15, 0.2) is 11.5 Å². The van der Waals surface area contributed by atoms with Gasteiger partial charge in [0, 0.05) is 18.2 Å². The zero-order chi connectivity index (χ0) is 21.1. The quantitative estimate of drug-likeness (QED) is 0.443. The number of hydrogen-bond donors (Lipinski definition) is 3. The van der Waals surface area contributed by atoms with Gasteiger partial charge in [-0.3, -0.25) is 20.4 Å². The summed E-state index contributed by atoms with van der Waals surface area (Å²) in [5.74, 6) is 0.297. The van der Waals surface area contributed by atoms with Crippen LogP contribution in [0.1, 0.15) is 24.0 Å². The highest BCUT2D eigenvalue weighted by Gasteiger charge is 2.08. The highest BCUT2D eigenvalue weighted by Crippen LogP contribution is 2.27. The normalized spacial score (nSPS) is 9.83. The maximum Gasteiger partial charge on any atom is 0.257 e. The van der Waals surface area contributed by atoms with E-state index in [-0.39, 0.29) is 24.8 Å². The fourth-order valence-electron chi connectivity index (χ4n) is 2.37. The Morgan fingerprint density at radius 3 is 2.45 bits per heavy atom. The molecule has 8 nitrogen and oxygen atoms in total. The minimum atomic E-state index is -0.350. The number of carbonyl (C=O) groups is 2. The van der Waals surface area contributed by atoms with Gasteiger partial charge in [-0.05, 0) is 37.6 Å². The number of rotatable bonds is 9. The number of nitrogens with zero attached hydrogens (tertiary/aromatic N) is 1. The van der Waals surface area contributed by atoms with Crippen LogP contribution < -0.4 is 25.6 Å². The van der Waals surface area contributed by atoms with Crippen molar-refractivity contribution in [2.24, 2.45) is 0 Å². The lowest BCUT2D eigenvalue weighted by Gasteiger charge is -2.11. The third-order valence-electron chi connectivity index (χ3n) is 3.94. The molecule has 2 aromatic carbocycles. The van der Waals surface area contributed by atoms with E-state index in [1.165, 1.54) is 7.11 Å². The molecule has 152 valence electrons. The second-order valence-electron chi connectivity index (χ2n) is 6.25. The number of nitrogens with one attached hydrogen (secondary N) is 3. The number of methoxy groups -OCH3 is 1. The summed E-state index contributed by atoms with van der Waals surface area (Å²) in [5.41, 5.74) is 7.16. The molecule has 2 rings (SSSR count). The Hall–Kier alpha value is -3.73. The van der Waals surface area contributed by atoms with Crippen LogP contribution in [0.5, 0.6) is 11.5 Å². The molecule has 0 radical (unpaired) electrons.